The monoisotopic (exact) mass is 226 g/mol. The van der Waals surface area contributed by atoms with Crippen LogP contribution in [-0.4, -0.2) is 21.5 Å². The maximum atomic E-state index is 11.0. The molecule has 15 heavy (non-hydrogen) atoms. The number of carboxylic acid groups (broad SMARTS) is 1. The van der Waals surface area contributed by atoms with Gasteiger partial charge in [0.2, 0.25) is 0 Å². The highest BCUT2D eigenvalue weighted by atomic mass is 32.2. The molecule has 1 aromatic carbocycles. The summed E-state index contributed by atoms with van der Waals surface area (Å²) in [6.07, 6.45) is 1.65. The van der Waals surface area contributed by atoms with Crippen molar-refractivity contribution in [2.24, 2.45) is 0 Å². The molecule has 4 heteroatoms. The third-order valence-electron chi connectivity index (χ3n) is 2.22. The second kappa shape index (κ2) is 5.07. The maximum Gasteiger partial charge on any atom is 0.310 e. The van der Waals surface area contributed by atoms with Crippen molar-refractivity contribution in [3.63, 3.8) is 0 Å². The first-order chi connectivity index (χ1) is 7.00. The van der Waals surface area contributed by atoms with Crippen LogP contribution in [0.1, 0.15) is 24.0 Å². The van der Waals surface area contributed by atoms with Crippen molar-refractivity contribution < 1.29 is 14.1 Å². The number of aliphatic carboxylic acids is 1. The van der Waals surface area contributed by atoms with E-state index >= 15 is 0 Å². The standard InChI is InChI=1S/C11H14O3S/c1-8(11(12)13)10-5-3-9(4-6-10)7-15(2)14/h3-6,8H,7H2,1-2H3,(H,12,13). The average Bonchev–Trinajstić information content (AvgIpc) is 2.17. The van der Waals surface area contributed by atoms with E-state index in [2.05, 4.69) is 0 Å². The molecular weight excluding hydrogens is 212 g/mol. The molecule has 0 aliphatic rings. The zero-order valence-electron chi connectivity index (χ0n) is 8.77. The Kier molecular flexibility index (Phi) is 4.03. The van der Waals surface area contributed by atoms with Crippen LogP contribution >= 0.6 is 0 Å². The summed E-state index contributed by atoms with van der Waals surface area (Å²) in [6, 6.07) is 7.22. The minimum absolute atomic E-state index is 0.494. The Morgan fingerprint density at radius 1 is 1.40 bits per heavy atom. The second-order valence-corrected chi connectivity index (χ2v) is 4.95. The third kappa shape index (κ3) is 3.47. The van der Waals surface area contributed by atoms with Crippen molar-refractivity contribution in [3.8, 4) is 0 Å². The van der Waals surface area contributed by atoms with Gasteiger partial charge in [0.15, 0.2) is 0 Å². The van der Waals surface area contributed by atoms with Gasteiger partial charge < -0.3 is 5.11 Å². The van der Waals surface area contributed by atoms with Gasteiger partial charge in [-0.15, -0.1) is 0 Å². The maximum absolute atomic E-state index is 11.0. The minimum atomic E-state index is -0.859. The van der Waals surface area contributed by atoms with Crippen LogP contribution < -0.4 is 0 Å². The van der Waals surface area contributed by atoms with E-state index < -0.39 is 22.7 Å². The Morgan fingerprint density at radius 3 is 2.33 bits per heavy atom. The van der Waals surface area contributed by atoms with Crippen LogP contribution in [0, 0.1) is 0 Å². The van der Waals surface area contributed by atoms with Gasteiger partial charge in [0.1, 0.15) is 0 Å². The van der Waals surface area contributed by atoms with E-state index in [1.165, 1.54) is 0 Å². The summed E-state index contributed by atoms with van der Waals surface area (Å²) >= 11 is 0. The molecule has 0 saturated carbocycles. The first kappa shape index (κ1) is 11.9. The quantitative estimate of drug-likeness (QED) is 0.851. The fraction of sp³-hybridized carbons (Fsp3) is 0.364. The van der Waals surface area contributed by atoms with Gasteiger partial charge in [-0.1, -0.05) is 24.3 Å². The smallest absolute Gasteiger partial charge is 0.310 e. The van der Waals surface area contributed by atoms with Crippen molar-refractivity contribution in [3.05, 3.63) is 35.4 Å². The van der Waals surface area contributed by atoms with Crippen molar-refractivity contribution in [2.45, 2.75) is 18.6 Å². The molecule has 0 spiro atoms. The number of hydrogen-bond donors (Lipinski definition) is 1. The summed E-state index contributed by atoms with van der Waals surface area (Å²) in [5.41, 5.74) is 1.74. The molecule has 1 N–H and O–H groups in total. The van der Waals surface area contributed by atoms with Crippen molar-refractivity contribution >= 4 is 16.8 Å². The second-order valence-electron chi connectivity index (χ2n) is 3.52. The molecule has 0 aliphatic carbocycles. The van der Waals surface area contributed by atoms with Gasteiger partial charge in [0, 0.05) is 22.8 Å². The number of hydrogen-bond acceptors (Lipinski definition) is 2. The van der Waals surface area contributed by atoms with Crippen molar-refractivity contribution in [1.82, 2.24) is 0 Å². The van der Waals surface area contributed by atoms with Gasteiger partial charge in [-0.05, 0) is 18.1 Å². The van der Waals surface area contributed by atoms with Gasteiger partial charge in [0.05, 0.1) is 5.92 Å². The Labute approximate surface area is 91.6 Å². The van der Waals surface area contributed by atoms with E-state index in [1.807, 2.05) is 12.1 Å². The lowest BCUT2D eigenvalue weighted by Gasteiger charge is -2.07. The number of benzene rings is 1. The molecule has 0 fully saturated rings. The topological polar surface area (TPSA) is 54.4 Å². The number of rotatable bonds is 4. The highest BCUT2D eigenvalue weighted by Crippen LogP contribution is 2.16. The Balaban J connectivity index is 2.80. The molecule has 0 bridgehead atoms. The molecule has 0 radical (unpaired) electrons. The van der Waals surface area contributed by atoms with Crippen LogP contribution in [0.25, 0.3) is 0 Å². The molecule has 82 valence electrons. The molecular formula is C11H14O3S. The minimum Gasteiger partial charge on any atom is -0.481 e. The van der Waals surface area contributed by atoms with Gasteiger partial charge in [-0.25, -0.2) is 0 Å². The Hall–Kier alpha value is -1.16. The first-order valence-electron chi connectivity index (χ1n) is 4.62. The lowest BCUT2D eigenvalue weighted by atomic mass is 10.0. The van der Waals surface area contributed by atoms with E-state index in [4.69, 9.17) is 5.11 Å². The normalized spacial score (nSPS) is 14.5. The molecule has 0 aliphatic heterocycles. The largest absolute Gasteiger partial charge is 0.481 e. The fourth-order valence-corrected chi connectivity index (χ4v) is 1.94. The lowest BCUT2D eigenvalue weighted by molar-refractivity contribution is -0.138. The van der Waals surface area contributed by atoms with Crippen LogP contribution in [0.4, 0.5) is 0 Å². The van der Waals surface area contributed by atoms with E-state index in [1.54, 1.807) is 25.3 Å². The SMILES string of the molecule is CC(C(=O)O)c1ccc(CS(C)=O)cc1. The highest BCUT2D eigenvalue weighted by Gasteiger charge is 2.12. The van der Waals surface area contributed by atoms with Crippen LogP contribution in [0.5, 0.6) is 0 Å². The highest BCUT2D eigenvalue weighted by molar-refractivity contribution is 7.83. The molecule has 0 saturated heterocycles. The first-order valence-corrected chi connectivity index (χ1v) is 6.35. The van der Waals surface area contributed by atoms with E-state index in [9.17, 15) is 9.00 Å². The van der Waals surface area contributed by atoms with Crippen LogP contribution in [-0.2, 0) is 21.3 Å². The van der Waals surface area contributed by atoms with Crippen molar-refractivity contribution in [1.29, 1.82) is 0 Å². The Morgan fingerprint density at radius 2 is 1.93 bits per heavy atom. The lowest BCUT2D eigenvalue weighted by Crippen LogP contribution is -2.07. The summed E-state index contributed by atoms with van der Waals surface area (Å²) in [7, 11) is -0.859. The molecule has 0 amide bonds. The molecule has 3 nitrogen and oxygen atoms in total. The van der Waals surface area contributed by atoms with E-state index in [0.717, 1.165) is 11.1 Å². The average molecular weight is 226 g/mol. The van der Waals surface area contributed by atoms with Gasteiger partial charge in [-0.2, -0.15) is 0 Å². The molecule has 2 atom stereocenters. The van der Waals surface area contributed by atoms with Gasteiger partial charge in [-0.3, -0.25) is 9.00 Å². The molecule has 1 aromatic rings. The summed E-state index contributed by atoms with van der Waals surface area (Å²) in [5, 5.41) is 8.80. The molecule has 2 unspecified atom stereocenters. The van der Waals surface area contributed by atoms with Gasteiger partial charge >= 0.3 is 5.97 Å². The van der Waals surface area contributed by atoms with Crippen LogP contribution in [0.3, 0.4) is 0 Å². The van der Waals surface area contributed by atoms with Crippen LogP contribution in [0.2, 0.25) is 0 Å². The summed E-state index contributed by atoms with van der Waals surface area (Å²) < 4.78 is 11.0. The molecule has 1 rings (SSSR count). The predicted molar refractivity (Wildman–Crippen MR) is 60.3 cm³/mol. The van der Waals surface area contributed by atoms with Crippen LogP contribution in [0.15, 0.2) is 24.3 Å². The summed E-state index contributed by atoms with van der Waals surface area (Å²) in [6.45, 7) is 1.65. The Bertz CT molecular complexity index is 370. The molecule has 0 heterocycles. The fourth-order valence-electron chi connectivity index (χ4n) is 1.28. The third-order valence-corrected chi connectivity index (χ3v) is 2.96. The zero-order valence-corrected chi connectivity index (χ0v) is 9.58. The van der Waals surface area contributed by atoms with Gasteiger partial charge in [0.25, 0.3) is 0 Å². The summed E-state index contributed by atoms with van der Waals surface area (Å²) in [4.78, 5) is 10.7. The van der Waals surface area contributed by atoms with E-state index in [-0.39, 0.29) is 0 Å². The number of carbonyl (C=O) groups is 1. The van der Waals surface area contributed by atoms with E-state index in [0.29, 0.717) is 5.75 Å². The summed E-state index contributed by atoms with van der Waals surface area (Å²) in [5.74, 6) is -0.810. The number of carboxylic acids is 1. The zero-order chi connectivity index (χ0) is 11.4. The van der Waals surface area contributed by atoms with Crippen molar-refractivity contribution in [2.75, 3.05) is 6.26 Å². The predicted octanol–water partition coefficient (Wildman–Crippen LogP) is 1.75. The molecule has 0 aromatic heterocycles.